The van der Waals surface area contributed by atoms with Gasteiger partial charge in [-0.2, -0.15) is 0 Å². The van der Waals surface area contributed by atoms with Gasteiger partial charge in [0.25, 0.3) is 0 Å². The highest BCUT2D eigenvalue weighted by Gasteiger charge is 2.15. The lowest BCUT2D eigenvalue weighted by Gasteiger charge is -2.27. The van der Waals surface area contributed by atoms with E-state index in [-0.39, 0.29) is 0 Å². The molecular formula is C19H16IN. The Kier molecular flexibility index (Phi) is 4.25. The summed E-state index contributed by atoms with van der Waals surface area (Å²) in [4.78, 5) is 2.32. The third kappa shape index (κ3) is 2.95. The molecule has 1 nitrogen and oxygen atoms in total. The van der Waals surface area contributed by atoms with Gasteiger partial charge in [-0.25, -0.2) is 0 Å². The van der Waals surface area contributed by atoms with E-state index in [9.17, 15) is 0 Å². The molecule has 0 N–H and O–H groups in total. The lowest BCUT2D eigenvalue weighted by molar-refractivity contribution is 1.24. The SMILES string of the molecule is Cc1ccccc1N(c1ccccc1)c1ccccc1I. The molecule has 0 atom stereocenters. The number of nitrogens with zero attached hydrogens (tertiary/aromatic N) is 1. The normalized spacial score (nSPS) is 10.4. The Bertz CT molecular complexity index is 692. The molecule has 104 valence electrons. The Hall–Kier alpha value is -1.81. The van der Waals surface area contributed by atoms with Crippen LogP contribution in [0.15, 0.2) is 78.9 Å². The third-order valence-electron chi connectivity index (χ3n) is 3.46. The molecule has 0 bridgehead atoms. The number of benzene rings is 3. The molecule has 0 fully saturated rings. The lowest BCUT2D eigenvalue weighted by atomic mass is 10.1. The Morgan fingerprint density at radius 2 is 1.24 bits per heavy atom. The van der Waals surface area contributed by atoms with Crippen molar-refractivity contribution in [2.24, 2.45) is 0 Å². The van der Waals surface area contributed by atoms with Crippen LogP contribution in [0, 0.1) is 10.5 Å². The largest absolute Gasteiger partial charge is 0.309 e. The average Bonchev–Trinajstić information content (AvgIpc) is 2.52. The van der Waals surface area contributed by atoms with Gasteiger partial charge in [-0.05, 0) is 65.4 Å². The fraction of sp³-hybridized carbons (Fsp3) is 0.0526. The number of aryl methyl sites for hydroxylation is 1. The van der Waals surface area contributed by atoms with E-state index < -0.39 is 0 Å². The van der Waals surface area contributed by atoms with Gasteiger partial charge in [0.2, 0.25) is 0 Å². The zero-order chi connectivity index (χ0) is 14.7. The van der Waals surface area contributed by atoms with Crippen LogP contribution in [0.5, 0.6) is 0 Å². The number of para-hydroxylation sites is 3. The van der Waals surface area contributed by atoms with Gasteiger partial charge in [0.05, 0.1) is 5.69 Å². The van der Waals surface area contributed by atoms with E-state index in [0.29, 0.717) is 0 Å². The quantitative estimate of drug-likeness (QED) is 0.495. The van der Waals surface area contributed by atoms with Crippen LogP contribution in [-0.4, -0.2) is 0 Å². The van der Waals surface area contributed by atoms with E-state index in [2.05, 4.69) is 113 Å². The minimum atomic E-state index is 1.18. The van der Waals surface area contributed by atoms with Crippen molar-refractivity contribution in [2.75, 3.05) is 4.90 Å². The highest BCUT2D eigenvalue weighted by atomic mass is 127. The van der Waals surface area contributed by atoms with Gasteiger partial charge >= 0.3 is 0 Å². The Morgan fingerprint density at radius 1 is 0.667 bits per heavy atom. The summed E-state index contributed by atoms with van der Waals surface area (Å²) in [5.74, 6) is 0. The molecule has 0 saturated carbocycles. The highest BCUT2D eigenvalue weighted by molar-refractivity contribution is 14.1. The van der Waals surface area contributed by atoms with Crippen molar-refractivity contribution in [3.05, 3.63) is 88.0 Å². The molecule has 0 heterocycles. The zero-order valence-electron chi connectivity index (χ0n) is 11.8. The first-order chi connectivity index (χ1) is 10.3. The van der Waals surface area contributed by atoms with Gasteiger partial charge in [-0.1, -0.05) is 48.5 Å². The Morgan fingerprint density at radius 3 is 1.90 bits per heavy atom. The zero-order valence-corrected chi connectivity index (χ0v) is 14.0. The monoisotopic (exact) mass is 385 g/mol. The highest BCUT2D eigenvalue weighted by Crippen LogP contribution is 2.38. The van der Waals surface area contributed by atoms with Crippen molar-refractivity contribution >= 4 is 39.7 Å². The molecule has 21 heavy (non-hydrogen) atoms. The molecule has 0 saturated heterocycles. The number of hydrogen-bond acceptors (Lipinski definition) is 1. The van der Waals surface area contributed by atoms with Crippen molar-refractivity contribution in [3.63, 3.8) is 0 Å². The van der Waals surface area contributed by atoms with Crippen LogP contribution < -0.4 is 4.90 Å². The van der Waals surface area contributed by atoms with Crippen LogP contribution >= 0.6 is 22.6 Å². The predicted octanol–water partition coefficient (Wildman–Crippen LogP) is 6.07. The summed E-state index contributed by atoms with van der Waals surface area (Å²) in [6.45, 7) is 2.15. The molecule has 0 spiro atoms. The van der Waals surface area contributed by atoms with Crippen molar-refractivity contribution < 1.29 is 0 Å². The average molecular weight is 385 g/mol. The number of halogens is 1. The van der Waals surface area contributed by atoms with Crippen molar-refractivity contribution in [1.82, 2.24) is 0 Å². The van der Waals surface area contributed by atoms with Gasteiger partial charge in [0.1, 0.15) is 0 Å². The molecule has 2 heteroatoms. The second kappa shape index (κ2) is 6.31. The standard InChI is InChI=1S/C19H16IN/c1-15-9-5-7-13-18(15)21(16-10-3-2-4-11-16)19-14-8-6-12-17(19)20/h2-14H,1H3. The maximum atomic E-state index is 2.40. The van der Waals surface area contributed by atoms with Crippen LogP contribution in [-0.2, 0) is 0 Å². The summed E-state index contributed by atoms with van der Waals surface area (Å²) in [6.07, 6.45) is 0. The summed E-state index contributed by atoms with van der Waals surface area (Å²) >= 11 is 2.40. The van der Waals surface area contributed by atoms with Crippen LogP contribution in [0.1, 0.15) is 5.56 Å². The Labute approximate surface area is 139 Å². The fourth-order valence-electron chi connectivity index (χ4n) is 2.43. The van der Waals surface area contributed by atoms with Crippen molar-refractivity contribution in [2.45, 2.75) is 6.92 Å². The molecule has 0 amide bonds. The van der Waals surface area contributed by atoms with Crippen LogP contribution in [0.3, 0.4) is 0 Å². The van der Waals surface area contributed by atoms with Crippen molar-refractivity contribution in [1.29, 1.82) is 0 Å². The Balaban J connectivity index is 2.22. The van der Waals surface area contributed by atoms with E-state index in [0.717, 1.165) is 0 Å². The van der Waals surface area contributed by atoms with E-state index in [1.807, 2.05) is 0 Å². The van der Waals surface area contributed by atoms with E-state index in [4.69, 9.17) is 0 Å². The molecule has 0 aliphatic rings. The minimum absolute atomic E-state index is 1.18. The van der Waals surface area contributed by atoms with E-state index in [1.54, 1.807) is 0 Å². The predicted molar refractivity (Wildman–Crippen MR) is 98.6 cm³/mol. The molecule has 3 rings (SSSR count). The maximum Gasteiger partial charge on any atom is 0.0595 e. The van der Waals surface area contributed by atoms with Crippen molar-refractivity contribution in [3.8, 4) is 0 Å². The first-order valence-corrected chi connectivity index (χ1v) is 8.00. The summed E-state index contributed by atoms with van der Waals surface area (Å²) in [6, 6.07) is 27.5. The molecule has 0 aromatic heterocycles. The molecular weight excluding hydrogens is 369 g/mol. The first kappa shape index (κ1) is 14.1. The summed E-state index contributed by atoms with van der Waals surface area (Å²) in [5.41, 5.74) is 4.86. The van der Waals surface area contributed by atoms with E-state index >= 15 is 0 Å². The second-order valence-electron chi connectivity index (χ2n) is 4.91. The topological polar surface area (TPSA) is 3.24 Å². The van der Waals surface area contributed by atoms with Gasteiger partial charge in [0, 0.05) is 14.9 Å². The van der Waals surface area contributed by atoms with Gasteiger partial charge < -0.3 is 4.90 Å². The number of hydrogen-bond donors (Lipinski definition) is 0. The maximum absolute atomic E-state index is 2.40. The molecule has 3 aromatic rings. The summed E-state index contributed by atoms with van der Waals surface area (Å²) < 4.78 is 1.24. The minimum Gasteiger partial charge on any atom is -0.309 e. The van der Waals surface area contributed by atoms with Gasteiger partial charge in [-0.3, -0.25) is 0 Å². The summed E-state index contributed by atoms with van der Waals surface area (Å²) in [5, 5.41) is 0. The van der Waals surface area contributed by atoms with E-state index in [1.165, 1.54) is 26.2 Å². The van der Waals surface area contributed by atoms with Crippen LogP contribution in [0.2, 0.25) is 0 Å². The fourth-order valence-corrected chi connectivity index (χ4v) is 3.06. The smallest absolute Gasteiger partial charge is 0.0595 e. The van der Waals surface area contributed by atoms with Gasteiger partial charge in [0.15, 0.2) is 0 Å². The molecule has 0 aliphatic carbocycles. The molecule has 0 radical (unpaired) electrons. The van der Waals surface area contributed by atoms with Gasteiger partial charge in [-0.15, -0.1) is 0 Å². The number of rotatable bonds is 3. The van der Waals surface area contributed by atoms with Crippen LogP contribution in [0.25, 0.3) is 0 Å². The van der Waals surface area contributed by atoms with Crippen LogP contribution in [0.4, 0.5) is 17.1 Å². The third-order valence-corrected chi connectivity index (χ3v) is 4.38. The molecule has 0 unspecified atom stereocenters. The number of anilines is 3. The molecule has 0 aliphatic heterocycles. The second-order valence-corrected chi connectivity index (χ2v) is 6.07. The first-order valence-electron chi connectivity index (χ1n) is 6.93. The molecule has 3 aromatic carbocycles. The lowest BCUT2D eigenvalue weighted by Crippen LogP contribution is -2.12. The summed E-state index contributed by atoms with van der Waals surface area (Å²) in [7, 11) is 0.